The van der Waals surface area contributed by atoms with Crippen LogP contribution >= 0.6 is 0 Å². The number of hydrogen-bond acceptors (Lipinski definition) is 3. The maximum Gasteiger partial charge on any atom is 0.323 e. The maximum atomic E-state index is 11.1. The van der Waals surface area contributed by atoms with Crippen LogP contribution in [0.1, 0.15) is 26.7 Å². The van der Waals surface area contributed by atoms with Crippen LogP contribution < -0.4 is 0 Å². The van der Waals surface area contributed by atoms with Gasteiger partial charge in [-0.25, -0.2) is 0 Å². The van der Waals surface area contributed by atoms with Crippen molar-refractivity contribution in [2.75, 3.05) is 7.11 Å². The molecule has 0 spiro atoms. The van der Waals surface area contributed by atoms with Crippen molar-refractivity contribution in [1.82, 2.24) is 0 Å². The van der Waals surface area contributed by atoms with Crippen molar-refractivity contribution in [3.05, 3.63) is 0 Å². The van der Waals surface area contributed by atoms with E-state index in [0.717, 1.165) is 0 Å². The molecular formula is C8H14O4. The van der Waals surface area contributed by atoms with Crippen molar-refractivity contribution in [2.24, 2.45) is 5.41 Å². The second-order valence-electron chi connectivity index (χ2n) is 2.59. The zero-order valence-electron chi connectivity index (χ0n) is 7.59. The number of ether oxygens (including phenoxy) is 1. The fourth-order valence-electron chi connectivity index (χ4n) is 1.12. The lowest BCUT2D eigenvalue weighted by Crippen LogP contribution is -2.39. The highest BCUT2D eigenvalue weighted by atomic mass is 16.5. The third-order valence-corrected chi connectivity index (χ3v) is 2.19. The molecule has 0 saturated carbocycles. The van der Waals surface area contributed by atoms with E-state index in [9.17, 15) is 9.59 Å². The summed E-state index contributed by atoms with van der Waals surface area (Å²) in [6.45, 7) is 3.32. The van der Waals surface area contributed by atoms with E-state index in [1.54, 1.807) is 13.8 Å². The monoisotopic (exact) mass is 174 g/mol. The lowest BCUT2D eigenvalue weighted by molar-refractivity contribution is -0.167. The Morgan fingerprint density at radius 2 is 1.75 bits per heavy atom. The van der Waals surface area contributed by atoms with Crippen LogP contribution in [0.15, 0.2) is 0 Å². The fraction of sp³-hybridized carbons (Fsp3) is 0.750. The first-order chi connectivity index (χ1) is 5.55. The Morgan fingerprint density at radius 3 is 1.83 bits per heavy atom. The van der Waals surface area contributed by atoms with Crippen LogP contribution in [-0.2, 0) is 14.3 Å². The summed E-state index contributed by atoms with van der Waals surface area (Å²) in [7, 11) is 1.20. The molecule has 0 saturated heterocycles. The summed E-state index contributed by atoms with van der Waals surface area (Å²) in [5.41, 5.74) is -1.35. The molecule has 0 bridgehead atoms. The van der Waals surface area contributed by atoms with Gasteiger partial charge in [0.15, 0.2) is 5.41 Å². The smallest absolute Gasteiger partial charge is 0.323 e. The van der Waals surface area contributed by atoms with E-state index in [1.165, 1.54) is 7.11 Å². The van der Waals surface area contributed by atoms with Gasteiger partial charge < -0.3 is 9.84 Å². The second kappa shape index (κ2) is 4.09. The van der Waals surface area contributed by atoms with Gasteiger partial charge in [-0.15, -0.1) is 0 Å². The van der Waals surface area contributed by atoms with Crippen molar-refractivity contribution in [1.29, 1.82) is 0 Å². The molecule has 4 heteroatoms. The molecule has 0 aliphatic heterocycles. The number of aliphatic carboxylic acids is 1. The first-order valence-corrected chi connectivity index (χ1v) is 3.87. The molecule has 0 aromatic carbocycles. The number of carbonyl (C=O) groups excluding carboxylic acids is 1. The van der Waals surface area contributed by atoms with Crippen LogP contribution in [0, 0.1) is 5.41 Å². The van der Waals surface area contributed by atoms with E-state index in [0.29, 0.717) is 0 Å². The van der Waals surface area contributed by atoms with Crippen molar-refractivity contribution in [3.63, 3.8) is 0 Å². The summed E-state index contributed by atoms with van der Waals surface area (Å²) in [6, 6.07) is 0. The van der Waals surface area contributed by atoms with E-state index in [-0.39, 0.29) is 12.8 Å². The molecule has 0 aromatic rings. The Bertz CT molecular complexity index is 181. The maximum absolute atomic E-state index is 11.1. The quantitative estimate of drug-likeness (QED) is 0.511. The fourth-order valence-corrected chi connectivity index (χ4v) is 1.12. The van der Waals surface area contributed by atoms with Crippen LogP contribution in [0.3, 0.4) is 0 Å². The van der Waals surface area contributed by atoms with Gasteiger partial charge in [-0.05, 0) is 12.8 Å². The highest BCUT2D eigenvalue weighted by Gasteiger charge is 2.43. The zero-order chi connectivity index (χ0) is 9.78. The zero-order valence-corrected chi connectivity index (χ0v) is 7.59. The van der Waals surface area contributed by atoms with Crippen LogP contribution in [0.2, 0.25) is 0 Å². The number of methoxy groups -OCH3 is 1. The van der Waals surface area contributed by atoms with Crippen LogP contribution in [0.25, 0.3) is 0 Å². The molecule has 0 rings (SSSR count). The Labute approximate surface area is 71.5 Å². The average molecular weight is 174 g/mol. The Balaban J connectivity index is 4.82. The highest BCUT2D eigenvalue weighted by Crippen LogP contribution is 2.27. The van der Waals surface area contributed by atoms with Gasteiger partial charge in [0.05, 0.1) is 7.11 Å². The van der Waals surface area contributed by atoms with Crippen LogP contribution in [-0.4, -0.2) is 24.2 Å². The molecular weight excluding hydrogens is 160 g/mol. The summed E-state index contributed by atoms with van der Waals surface area (Å²) in [5, 5.41) is 8.82. The van der Waals surface area contributed by atoms with Gasteiger partial charge in [-0.3, -0.25) is 9.59 Å². The van der Waals surface area contributed by atoms with E-state index >= 15 is 0 Å². The Morgan fingerprint density at radius 1 is 1.33 bits per heavy atom. The summed E-state index contributed by atoms with van der Waals surface area (Å²) in [5.74, 6) is -1.78. The SMILES string of the molecule is CCC(CC)(C(=O)O)C(=O)OC. The third kappa shape index (κ3) is 1.57. The summed E-state index contributed by atoms with van der Waals surface area (Å²) >= 11 is 0. The number of carboxylic acid groups (broad SMARTS) is 1. The van der Waals surface area contributed by atoms with E-state index in [4.69, 9.17) is 5.11 Å². The van der Waals surface area contributed by atoms with Gasteiger partial charge in [0, 0.05) is 0 Å². The van der Waals surface area contributed by atoms with Crippen molar-refractivity contribution in [2.45, 2.75) is 26.7 Å². The normalized spacial score (nSPS) is 10.9. The molecule has 0 unspecified atom stereocenters. The van der Waals surface area contributed by atoms with Crippen LogP contribution in [0.4, 0.5) is 0 Å². The minimum absolute atomic E-state index is 0.255. The number of hydrogen-bond donors (Lipinski definition) is 1. The third-order valence-electron chi connectivity index (χ3n) is 2.19. The van der Waals surface area contributed by atoms with Gasteiger partial charge in [0.2, 0.25) is 0 Å². The van der Waals surface area contributed by atoms with E-state index in [1.807, 2.05) is 0 Å². The van der Waals surface area contributed by atoms with Gasteiger partial charge in [-0.2, -0.15) is 0 Å². The van der Waals surface area contributed by atoms with Gasteiger partial charge in [0.1, 0.15) is 0 Å². The molecule has 0 atom stereocenters. The predicted molar refractivity (Wildman–Crippen MR) is 42.7 cm³/mol. The summed E-state index contributed by atoms with van der Waals surface area (Å²) in [4.78, 5) is 21.9. The lowest BCUT2D eigenvalue weighted by atomic mass is 9.82. The number of esters is 1. The number of rotatable bonds is 4. The minimum Gasteiger partial charge on any atom is -0.480 e. The molecule has 1 N–H and O–H groups in total. The van der Waals surface area contributed by atoms with Crippen molar-refractivity contribution >= 4 is 11.9 Å². The van der Waals surface area contributed by atoms with Gasteiger partial charge >= 0.3 is 11.9 Å². The van der Waals surface area contributed by atoms with Crippen molar-refractivity contribution in [3.8, 4) is 0 Å². The van der Waals surface area contributed by atoms with Gasteiger partial charge in [0.25, 0.3) is 0 Å². The minimum atomic E-state index is -1.35. The van der Waals surface area contributed by atoms with E-state index < -0.39 is 17.4 Å². The van der Waals surface area contributed by atoms with E-state index in [2.05, 4.69) is 4.74 Å². The van der Waals surface area contributed by atoms with Crippen molar-refractivity contribution < 1.29 is 19.4 Å². The molecule has 12 heavy (non-hydrogen) atoms. The highest BCUT2D eigenvalue weighted by molar-refractivity contribution is 5.98. The molecule has 70 valence electrons. The molecule has 0 fully saturated rings. The Hall–Kier alpha value is -1.06. The first kappa shape index (κ1) is 10.9. The molecule has 0 aromatic heterocycles. The summed E-state index contributed by atoms with van der Waals surface area (Å²) < 4.78 is 4.44. The largest absolute Gasteiger partial charge is 0.480 e. The predicted octanol–water partition coefficient (Wildman–Crippen LogP) is 1.05. The number of carbonyl (C=O) groups is 2. The molecule has 4 nitrogen and oxygen atoms in total. The van der Waals surface area contributed by atoms with Crippen LogP contribution in [0.5, 0.6) is 0 Å². The summed E-state index contributed by atoms with van der Waals surface area (Å²) in [6.07, 6.45) is 0.511. The molecule has 0 amide bonds. The number of carboxylic acids is 1. The molecule has 0 heterocycles. The Kier molecular flexibility index (Phi) is 3.73. The lowest BCUT2D eigenvalue weighted by Gasteiger charge is -2.22. The van der Waals surface area contributed by atoms with Gasteiger partial charge in [-0.1, -0.05) is 13.8 Å². The average Bonchev–Trinajstić information content (AvgIpc) is 2.06. The standard InChI is InChI=1S/C8H14O4/c1-4-8(5-2,6(9)10)7(11)12-3/h4-5H2,1-3H3,(H,9,10). The second-order valence-corrected chi connectivity index (χ2v) is 2.59. The first-order valence-electron chi connectivity index (χ1n) is 3.87. The topological polar surface area (TPSA) is 63.6 Å². The molecule has 0 radical (unpaired) electrons. The molecule has 0 aliphatic carbocycles. The molecule has 0 aliphatic rings.